The Morgan fingerprint density at radius 2 is 2.05 bits per heavy atom. The van der Waals surface area contributed by atoms with Crippen LogP contribution in [0.25, 0.3) is 0 Å². The zero-order chi connectivity index (χ0) is 14.4. The van der Waals surface area contributed by atoms with E-state index in [4.69, 9.17) is 11.6 Å². The molecule has 0 bridgehead atoms. The molecule has 0 radical (unpaired) electrons. The van der Waals surface area contributed by atoms with E-state index in [-0.39, 0.29) is 11.4 Å². The predicted octanol–water partition coefficient (Wildman–Crippen LogP) is 3.38. The van der Waals surface area contributed by atoms with Crippen molar-refractivity contribution in [2.75, 3.05) is 5.01 Å². The van der Waals surface area contributed by atoms with E-state index < -0.39 is 0 Å². The Hall–Kier alpha value is -1.13. The molecule has 1 aromatic rings. The highest BCUT2D eigenvalue weighted by Gasteiger charge is 2.50. The van der Waals surface area contributed by atoms with Gasteiger partial charge < -0.3 is 5.32 Å². The number of fused-ring (bicyclic) bond motifs is 3. The first kappa shape index (κ1) is 13.5. The fourth-order valence-electron chi connectivity index (χ4n) is 4.22. The van der Waals surface area contributed by atoms with Crippen molar-refractivity contribution in [3.8, 4) is 0 Å². The number of hydrogen-bond acceptors (Lipinski definition) is 4. The molecule has 1 saturated carbocycles. The Balaban J connectivity index is 1.59. The maximum Gasteiger partial charge on any atom is 0.101 e. The van der Waals surface area contributed by atoms with E-state index in [1.54, 1.807) is 0 Å². The Kier molecular flexibility index (Phi) is 3.38. The highest BCUT2D eigenvalue weighted by Crippen LogP contribution is 2.43. The number of anilines is 1. The summed E-state index contributed by atoms with van der Waals surface area (Å²) in [6.07, 6.45) is 3.30. The molecule has 2 heterocycles. The molecule has 4 nitrogen and oxygen atoms in total. The number of nitrogens with one attached hydrogen (secondary N) is 1. The van der Waals surface area contributed by atoms with Crippen LogP contribution in [0, 0.1) is 5.92 Å². The molecule has 0 amide bonds. The van der Waals surface area contributed by atoms with E-state index in [0.29, 0.717) is 24.0 Å². The molecule has 1 N–H and O–H groups in total. The Labute approximate surface area is 130 Å². The molecule has 2 fully saturated rings. The molecule has 1 aromatic carbocycles. The van der Waals surface area contributed by atoms with Crippen LogP contribution in [0.1, 0.15) is 26.2 Å². The zero-order valence-electron chi connectivity index (χ0n) is 12.2. The molecular formula is C16H21ClN4. The fraction of sp³-hybridized carbons (Fsp3) is 0.625. The molecule has 2 aliphatic heterocycles. The molecule has 112 valence electrons. The monoisotopic (exact) mass is 304 g/mol. The van der Waals surface area contributed by atoms with Crippen LogP contribution in [-0.2, 0) is 0 Å². The summed E-state index contributed by atoms with van der Waals surface area (Å²) in [6, 6.07) is 11.9. The second kappa shape index (κ2) is 5.25. The number of benzene rings is 1. The third kappa shape index (κ3) is 2.25. The van der Waals surface area contributed by atoms with Gasteiger partial charge in [-0.15, -0.1) is 11.6 Å². The van der Waals surface area contributed by atoms with Crippen molar-refractivity contribution in [3.63, 3.8) is 0 Å². The maximum absolute atomic E-state index is 6.69. The summed E-state index contributed by atoms with van der Waals surface area (Å²) in [4.78, 5) is 0. The van der Waals surface area contributed by atoms with E-state index in [0.717, 1.165) is 24.9 Å². The van der Waals surface area contributed by atoms with Gasteiger partial charge in [-0.1, -0.05) is 23.4 Å². The summed E-state index contributed by atoms with van der Waals surface area (Å²) in [5.41, 5.74) is 1.13. The van der Waals surface area contributed by atoms with Crippen LogP contribution in [0.4, 0.5) is 5.69 Å². The number of nitrogens with zero attached hydrogens (tertiary/aromatic N) is 3. The molecule has 21 heavy (non-hydrogen) atoms. The van der Waals surface area contributed by atoms with Gasteiger partial charge in [-0.3, -0.25) is 0 Å². The fourth-order valence-corrected chi connectivity index (χ4v) is 4.82. The van der Waals surface area contributed by atoms with Crippen molar-refractivity contribution in [1.82, 2.24) is 5.32 Å². The predicted molar refractivity (Wildman–Crippen MR) is 84.7 cm³/mol. The van der Waals surface area contributed by atoms with E-state index >= 15 is 0 Å². The van der Waals surface area contributed by atoms with E-state index in [9.17, 15) is 0 Å². The Bertz CT molecular complexity index is 534. The van der Waals surface area contributed by atoms with Crippen LogP contribution in [0.15, 0.2) is 40.7 Å². The van der Waals surface area contributed by atoms with E-state index in [2.05, 4.69) is 51.9 Å². The Morgan fingerprint density at radius 1 is 1.24 bits per heavy atom. The highest BCUT2D eigenvalue weighted by atomic mass is 35.5. The third-order valence-electron chi connectivity index (χ3n) is 5.14. The molecule has 1 aliphatic carbocycles. The van der Waals surface area contributed by atoms with Crippen molar-refractivity contribution in [2.45, 2.75) is 55.7 Å². The number of rotatable bonds is 1. The van der Waals surface area contributed by atoms with Crippen LogP contribution < -0.4 is 10.3 Å². The molecule has 0 aromatic heterocycles. The lowest BCUT2D eigenvalue weighted by atomic mass is 9.72. The van der Waals surface area contributed by atoms with Gasteiger partial charge in [0.25, 0.3) is 0 Å². The second-order valence-corrected chi connectivity index (χ2v) is 7.08. The van der Waals surface area contributed by atoms with Gasteiger partial charge in [0.2, 0.25) is 0 Å². The summed E-state index contributed by atoms with van der Waals surface area (Å²) in [6.45, 7) is 2.23. The summed E-state index contributed by atoms with van der Waals surface area (Å²) in [5, 5.41) is 15.1. The van der Waals surface area contributed by atoms with Crippen molar-refractivity contribution in [3.05, 3.63) is 30.3 Å². The summed E-state index contributed by atoms with van der Waals surface area (Å²) in [7, 11) is 0. The zero-order valence-corrected chi connectivity index (χ0v) is 12.9. The lowest BCUT2D eigenvalue weighted by Gasteiger charge is -2.47. The van der Waals surface area contributed by atoms with Gasteiger partial charge in [-0.25, -0.2) is 5.01 Å². The molecule has 1 saturated heterocycles. The number of piperidine rings is 1. The number of hydrogen-bond donors (Lipinski definition) is 1. The van der Waals surface area contributed by atoms with Crippen LogP contribution in [-0.4, -0.2) is 29.5 Å². The average molecular weight is 305 g/mol. The van der Waals surface area contributed by atoms with E-state index in [1.807, 2.05) is 6.07 Å². The summed E-state index contributed by atoms with van der Waals surface area (Å²) < 4.78 is 0. The van der Waals surface area contributed by atoms with Crippen LogP contribution >= 0.6 is 11.6 Å². The number of para-hydroxylation sites is 1. The van der Waals surface area contributed by atoms with Gasteiger partial charge in [-0.2, -0.15) is 5.11 Å². The van der Waals surface area contributed by atoms with E-state index in [1.165, 1.54) is 0 Å². The summed E-state index contributed by atoms with van der Waals surface area (Å²) in [5.74, 6) is 0.402. The van der Waals surface area contributed by atoms with Crippen molar-refractivity contribution < 1.29 is 0 Å². The minimum absolute atomic E-state index is 0.203. The Morgan fingerprint density at radius 3 is 2.86 bits per heavy atom. The summed E-state index contributed by atoms with van der Waals surface area (Å²) >= 11 is 6.69. The molecule has 5 heteroatoms. The number of halogens is 1. The van der Waals surface area contributed by atoms with Gasteiger partial charge in [0.1, 0.15) is 6.04 Å². The first-order valence-corrected chi connectivity index (χ1v) is 8.33. The molecule has 6 unspecified atom stereocenters. The molecule has 6 atom stereocenters. The van der Waals surface area contributed by atoms with Crippen molar-refractivity contribution in [1.29, 1.82) is 0 Å². The quantitative estimate of drug-likeness (QED) is 0.808. The average Bonchev–Trinajstić information content (AvgIpc) is 2.91. The molecular weight excluding hydrogens is 284 g/mol. The largest absolute Gasteiger partial charge is 0.311 e. The first-order valence-electron chi connectivity index (χ1n) is 7.89. The van der Waals surface area contributed by atoms with Gasteiger partial charge in [-0.05, 0) is 38.3 Å². The third-order valence-corrected chi connectivity index (χ3v) is 5.61. The van der Waals surface area contributed by atoms with Crippen LogP contribution in [0.2, 0.25) is 0 Å². The normalized spacial score (nSPS) is 41.7. The van der Waals surface area contributed by atoms with Gasteiger partial charge in [0, 0.05) is 23.4 Å². The van der Waals surface area contributed by atoms with Crippen LogP contribution in [0.3, 0.4) is 0 Å². The maximum atomic E-state index is 6.69. The molecule has 3 aliphatic rings. The minimum Gasteiger partial charge on any atom is -0.311 e. The lowest BCUT2D eigenvalue weighted by Crippen LogP contribution is -2.60. The second-order valence-electron chi connectivity index (χ2n) is 6.52. The van der Waals surface area contributed by atoms with Gasteiger partial charge in [0.15, 0.2) is 0 Å². The first-order chi connectivity index (χ1) is 10.2. The standard InChI is InChI=1S/C16H21ClN4/c1-10-9-12(17)15-13(18-10)7-8-14-16(15)19-20-21(14)11-5-3-2-4-6-11/h2-6,10,12-16,18H,7-9H2,1H3. The highest BCUT2D eigenvalue weighted by molar-refractivity contribution is 6.21. The smallest absolute Gasteiger partial charge is 0.101 e. The minimum atomic E-state index is 0.203. The van der Waals surface area contributed by atoms with Crippen LogP contribution in [0.5, 0.6) is 0 Å². The number of alkyl halides is 1. The van der Waals surface area contributed by atoms with Gasteiger partial charge in [0.05, 0.1) is 11.7 Å². The SMILES string of the molecule is CC1CC(Cl)C2C(CCC3C2N=NN3c2ccccc2)N1. The topological polar surface area (TPSA) is 40.0 Å². The molecule has 0 spiro atoms. The lowest BCUT2D eigenvalue weighted by molar-refractivity contribution is 0.156. The van der Waals surface area contributed by atoms with Crippen molar-refractivity contribution >= 4 is 17.3 Å². The van der Waals surface area contributed by atoms with Gasteiger partial charge >= 0.3 is 0 Å². The van der Waals surface area contributed by atoms with Crippen molar-refractivity contribution in [2.24, 2.45) is 16.3 Å². The molecule has 4 rings (SSSR count).